The van der Waals surface area contributed by atoms with E-state index in [4.69, 9.17) is 4.74 Å². The molecule has 19 heavy (non-hydrogen) atoms. The summed E-state index contributed by atoms with van der Waals surface area (Å²) in [6.45, 7) is 4.33. The van der Waals surface area contributed by atoms with Crippen molar-refractivity contribution in [1.82, 2.24) is 9.80 Å². The second-order valence-electron chi connectivity index (χ2n) is 4.72. The first-order valence-electron chi connectivity index (χ1n) is 6.47. The number of hydrogen-bond acceptors (Lipinski definition) is 5. The minimum Gasteiger partial charge on any atom is -0.464 e. The SMILES string of the molecule is CCOC(=O)C(C)N1CCCC2=C1C(=O)N(C)C2=O. The lowest BCUT2D eigenvalue weighted by Gasteiger charge is -2.32. The van der Waals surface area contributed by atoms with Gasteiger partial charge in [0, 0.05) is 19.2 Å². The molecule has 104 valence electrons. The first kappa shape index (κ1) is 13.6. The number of hydrogen-bond donors (Lipinski definition) is 0. The van der Waals surface area contributed by atoms with Gasteiger partial charge in [0.1, 0.15) is 11.7 Å². The molecule has 0 fully saturated rings. The van der Waals surface area contributed by atoms with Gasteiger partial charge in [-0.1, -0.05) is 0 Å². The molecule has 6 heteroatoms. The van der Waals surface area contributed by atoms with E-state index in [9.17, 15) is 14.4 Å². The number of esters is 1. The fourth-order valence-corrected chi connectivity index (χ4v) is 2.52. The second kappa shape index (κ2) is 5.03. The highest BCUT2D eigenvalue weighted by Crippen LogP contribution is 2.31. The molecule has 2 aliphatic rings. The zero-order valence-corrected chi connectivity index (χ0v) is 11.4. The lowest BCUT2D eigenvalue weighted by molar-refractivity contribution is -0.148. The monoisotopic (exact) mass is 266 g/mol. The predicted octanol–water partition coefficient (Wildman–Crippen LogP) is 0.286. The maximum atomic E-state index is 12.1. The van der Waals surface area contributed by atoms with Crippen LogP contribution in [0.5, 0.6) is 0 Å². The molecule has 1 unspecified atom stereocenters. The van der Waals surface area contributed by atoms with Gasteiger partial charge in [-0.15, -0.1) is 0 Å². The van der Waals surface area contributed by atoms with Crippen LogP contribution >= 0.6 is 0 Å². The number of amides is 2. The summed E-state index contributed by atoms with van der Waals surface area (Å²) in [4.78, 5) is 38.6. The Hall–Kier alpha value is -1.85. The van der Waals surface area contributed by atoms with Crippen LogP contribution in [0.15, 0.2) is 11.3 Å². The van der Waals surface area contributed by atoms with E-state index in [2.05, 4.69) is 0 Å². The molecule has 0 N–H and O–H groups in total. The summed E-state index contributed by atoms with van der Waals surface area (Å²) >= 11 is 0. The van der Waals surface area contributed by atoms with Crippen molar-refractivity contribution in [3.8, 4) is 0 Å². The maximum Gasteiger partial charge on any atom is 0.328 e. The standard InChI is InChI=1S/C13H18N2O4/c1-4-19-13(18)8(2)15-7-5-6-9-10(15)12(17)14(3)11(9)16/h8H,4-7H2,1-3H3. The Balaban J connectivity index is 2.30. The third kappa shape index (κ3) is 2.11. The fraction of sp³-hybridized carbons (Fsp3) is 0.615. The average Bonchev–Trinajstić information content (AvgIpc) is 2.63. The highest BCUT2D eigenvalue weighted by atomic mass is 16.5. The van der Waals surface area contributed by atoms with E-state index >= 15 is 0 Å². The first-order chi connectivity index (χ1) is 8.99. The molecule has 0 spiro atoms. The Bertz CT molecular complexity index is 469. The quantitative estimate of drug-likeness (QED) is 0.542. The Morgan fingerprint density at radius 2 is 2.05 bits per heavy atom. The van der Waals surface area contributed by atoms with Crippen molar-refractivity contribution in [1.29, 1.82) is 0 Å². The van der Waals surface area contributed by atoms with Crippen molar-refractivity contribution in [2.24, 2.45) is 0 Å². The Kier molecular flexibility index (Phi) is 3.59. The first-order valence-corrected chi connectivity index (χ1v) is 6.47. The number of likely N-dealkylation sites (N-methyl/N-ethyl adjacent to an activating group) is 1. The lowest BCUT2D eigenvalue weighted by Crippen LogP contribution is -2.44. The molecule has 0 radical (unpaired) electrons. The molecule has 0 saturated heterocycles. The Labute approximate surface area is 112 Å². The van der Waals surface area contributed by atoms with Crippen molar-refractivity contribution in [3.63, 3.8) is 0 Å². The van der Waals surface area contributed by atoms with E-state index in [1.165, 1.54) is 7.05 Å². The zero-order chi connectivity index (χ0) is 14.2. The van der Waals surface area contributed by atoms with Gasteiger partial charge in [-0.2, -0.15) is 0 Å². The van der Waals surface area contributed by atoms with E-state index in [0.717, 1.165) is 11.3 Å². The Morgan fingerprint density at radius 1 is 1.37 bits per heavy atom. The van der Waals surface area contributed by atoms with Crippen LogP contribution in [0.4, 0.5) is 0 Å². The van der Waals surface area contributed by atoms with Gasteiger partial charge in [-0.05, 0) is 26.7 Å². The number of ether oxygens (including phenoxy) is 1. The fourth-order valence-electron chi connectivity index (χ4n) is 2.52. The van der Waals surface area contributed by atoms with Crippen molar-refractivity contribution in [3.05, 3.63) is 11.3 Å². The summed E-state index contributed by atoms with van der Waals surface area (Å²) in [5, 5.41) is 0. The summed E-state index contributed by atoms with van der Waals surface area (Å²) in [7, 11) is 1.47. The van der Waals surface area contributed by atoms with E-state index in [-0.39, 0.29) is 17.8 Å². The van der Waals surface area contributed by atoms with Crippen LogP contribution in [0, 0.1) is 0 Å². The molecule has 2 amide bonds. The molecule has 2 aliphatic heterocycles. The summed E-state index contributed by atoms with van der Waals surface area (Å²) in [6, 6.07) is -0.548. The van der Waals surface area contributed by atoms with E-state index in [1.54, 1.807) is 18.7 Å². The van der Waals surface area contributed by atoms with Gasteiger partial charge in [0.15, 0.2) is 0 Å². The maximum absolute atomic E-state index is 12.1. The molecule has 0 aromatic heterocycles. The van der Waals surface area contributed by atoms with Crippen LogP contribution in [0.1, 0.15) is 26.7 Å². The van der Waals surface area contributed by atoms with Gasteiger partial charge < -0.3 is 9.64 Å². The van der Waals surface area contributed by atoms with E-state index in [1.807, 2.05) is 0 Å². The highest BCUT2D eigenvalue weighted by molar-refractivity contribution is 6.19. The normalized spacial score (nSPS) is 20.8. The number of carbonyl (C=O) groups is 3. The van der Waals surface area contributed by atoms with Gasteiger partial charge in [-0.3, -0.25) is 14.5 Å². The van der Waals surface area contributed by atoms with Crippen LogP contribution in [0.25, 0.3) is 0 Å². The summed E-state index contributed by atoms with van der Waals surface area (Å²) in [5.41, 5.74) is 0.897. The zero-order valence-electron chi connectivity index (χ0n) is 11.4. The van der Waals surface area contributed by atoms with Crippen LogP contribution in [-0.4, -0.2) is 53.8 Å². The molecule has 1 atom stereocenters. The van der Waals surface area contributed by atoms with Gasteiger partial charge in [0.05, 0.1) is 6.61 Å². The topological polar surface area (TPSA) is 66.9 Å². The average molecular weight is 266 g/mol. The summed E-state index contributed by atoms with van der Waals surface area (Å²) in [6.07, 6.45) is 1.35. The Morgan fingerprint density at radius 3 is 2.68 bits per heavy atom. The summed E-state index contributed by atoms with van der Waals surface area (Å²) < 4.78 is 4.98. The van der Waals surface area contributed by atoms with E-state index < -0.39 is 6.04 Å². The third-order valence-electron chi connectivity index (χ3n) is 3.56. The molecule has 0 aromatic rings. The van der Waals surface area contributed by atoms with Crippen molar-refractivity contribution in [2.45, 2.75) is 32.7 Å². The molecule has 0 aromatic carbocycles. The number of carbonyl (C=O) groups excluding carboxylic acids is 3. The largest absolute Gasteiger partial charge is 0.464 e. The molecular formula is C13H18N2O4. The molecule has 6 nitrogen and oxygen atoms in total. The number of nitrogens with zero attached hydrogens (tertiary/aromatic N) is 2. The summed E-state index contributed by atoms with van der Waals surface area (Å²) in [5.74, 6) is -0.942. The predicted molar refractivity (Wildman–Crippen MR) is 66.8 cm³/mol. The van der Waals surface area contributed by atoms with E-state index in [0.29, 0.717) is 30.8 Å². The lowest BCUT2D eigenvalue weighted by atomic mass is 10.0. The van der Waals surface area contributed by atoms with Crippen molar-refractivity contribution >= 4 is 17.8 Å². The highest BCUT2D eigenvalue weighted by Gasteiger charge is 2.42. The van der Waals surface area contributed by atoms with Crippen molar-refractivity contribution in [2.75, 3.05) is 20.2 Å². The third-order valence-corrected chi connectivity index (χ3v) is 3.56. The van der Waals surface area contributed by atoms with Crippen LogP contribution in [-0.2, 0) is 19.1 Å². The second-order valence-corrected chi connectivity index (χ2v) is 4.72. The van der Waals surface area contributed by atoms with Gasteiger partial charge in [0.2, 0.25) is 0 Å². The van der Waals surface area contributed by atoms with Crippen molar-refractivity contribution < 1.29 is 19.1 Å². The molecule has 0 bridgehead atoms. The molecule has 2 heterocycles. The minimum absolute atomic E-state index is 0.249. The molecule has 0 saturated carbocycles. The number of imide groups is 1. The van der Waals surface area contributed by atoms with Gasteiger partial charge in [-0.25, -0.2) is 4.79 Å². The van der Waals surface area contributed by atoms with Crippen LogP contribution < -0.4 is 0 Å². The molecule has 2 rings (SSSR count). The van der Waals surface area contributed by atoms with Crippen LogP contribution in [0.2, 0.25) is 0 Å². The minimum atomic E-state index is -0.548. The van der Waals surface area contributed by atoms with Gasteiger partial charge >= 0.3 is 5.97 Å². The van der Waals surface area contributed by atoms with Gasteiger partial charge in [0.25, 0.3) is 11.8 Å². The van der Waals surface area contributed by atoms with Crippen LogP contribution in [0.3, 0.4) is 0 Å². The number of rotatable bonds is 3. The smallest absolute Gasteiger partial charge is 0.328 e. The molecule has 0 aliphatic carbocycles. The molecular weight excluding hydrogens is 248 g/mol.